The van der Waals surface area contributed by atoms with Crippen LogP contribution >= 0.6 is 34.8 Å². The third-order valence-corrected chi connectivity index (χ3v) is 6.50. The highest BCUT2D eigenvalue weighted by Crippen LogP contribution is 2.36. The summed E-state index contributed by atoms with van der Waals surface area (Å²) in [4.78, 5) is 12.6. The van der Waals surface area contributed by atoms with Crippen molar-refractivity contribution in [2.75, 3.05) is 6.61 Å². The third-order valence-electron chi connectivity index (χ3n) is 5.62. The van der Waals surface area contributed by atoms with E-state index >= 15 is 0 Å². The van der Waals surface area contributed by atoms with E-state index in [0.29, 0.717) is 44.9 Å². The average molecular weight is 523 g/mol. The summed E-state index contributed by atoms with van der Waals surface area (Å²) in [6, 6.07) is 4.89. The molecule has 4 aromatic rings. The van der Waals surface area contributed by atoms with Crippen LogP contribution in [0.2, 0.25) is 15.2 Å². The molecule has 11 heteroatoms. The molecule has 0 amide bonds. The summed E-state index contributed by atoms with van der Waals surface area (Å²) >= 11 is 18.3. The molecule has 1 unspecified atom stereocenters. The van der Waals surface area contributed by atoms with Crippen LogP contribution in [-0.4, -0.2) is 31.3 Å². The highest BCUT2D eigenvalue weighted by atomic mass is 35.5. The second-order valence-electron chi connectivity index (χ2n) is 7.91. The molecule has 2 atom stereocenters. The number of rotatable bonds is 5. The van der Waals surface area contributed by atoms with Gasteiger partial charge < -0.3 is 9.47 Å². The number of ether oxygens (including phenoxy) is 2. The molecule has 1 aliphatic rings. The SMILES string of the molecule is C[C@@H](Oc1ccc2c(n1)c(-c1cnc(Cl)c(F)c1)nn2C1CCCCO1)c1c(Cl)cncc1Cl. The number of fused-ring (bicyclic) bond motifs is 1. The molecular formula is C23H19Cl3FN5O2. The zero-order chi connectivity index (χ0) is 23.8. The third kappa shape index (κ3) is 4.43. The van der Waals surface area contributed by atoms with E-state index < -0.39 is 11.9 Å². The van der Waals surface area contributed by atoms with Crippen LogP contribution in [0.1, 0.15) is 44.1 Å². The van der Waals surface area contributed by atoms with Crippen molar-refractivity contribution in [3.05, 3.63) is 63.4 Å². The van der Waals surface area contributed by atoms with Crippen molar-refractivity contribution < 1.29 is 13.9 Å². The number of halogens is 4. The van der Waals surface area contributed by atoms with Crippen LogP contribution in [0.25, 0.3) is 22.3 Å². The number of pyridine rings is 3. The van der Waals surface area contributed by atoms with Crippen LogP contribution in [0, 0.1) is 5.82 Å². The van der Waals surface area contributed by atoms with Gasteiger partial charge in [0.25, 0.3) is 0 Å². The molecule has 7 nitrogen and oxygen atoms in total. The molecule has 5 rings (SSSR count). The summed E-state index contributed by atoms with van der Waals surface area (Å²) in [6.07, 6.45) is 6.59. The first-order chi connectivity index (χ1) is 16.4. The maximum absolute atomic E-state index is 14.2. The van der Waals surface area contributed by atoms with Crippen LogP contribution in [0.5, 0.6) is 5.88 Å². The van der Waals surface area contributed by atoms with Crippen LogP contribution in [-0.2, 0) is 4.74 Å². The Morgan fingerprint density at radius 3 is 2.65 bits per heavy atom. The van der Waals surface area contributed by atoms with Crippen molar-refractivity contribution >= 4 is 45.8 Å². The molecular weight excluding hydrogens is 504 g/mol. The second-order valence-corrected chi connectivity index (χ2v) is 9.08. The molecule has 0 aromatic carbocycles. The van der Waals surface area contributed by atoms with Gasteiger partial charge in [0.05, 0.1) is 15.6 Å². The molecule has 0 aliphatic carbocycles. The van der Waals surface area contributed by atoms with E-state index in [2.05, 4.69) is 9.97 Å². The van der Waals surface area contributed by atoms with E-state index in [1.165, 1.54) is 24.7 Å². The molecule has 0 radical (unpaired) electrons. The van der Waals surface area contributed by atoms with Gasteiger partial charge in [0, 0.05) is 42.4 Å². The number of hydrogen-bond acceptors (Lipinski definition) is 6. The standard InChI is InChI=1S/C23H19Cl3FN5O2/c1-12(20-14(24)10-28-11-15(20)25)34-18-6-5-17-22(30-18)21(13-8-16(27)23(26)29-9-13)31-32(17)19-4-2-3-7-33-19/h5-6,8-12,19H,2-4,7H2,1H3/t12-,19?/m1/s1. The van der Waals surface area contributed by atoms with Crippen molar-refractivity contribution in [2.24, 2.45) is 0 Å². The number of nitrogens with zero attached hydrogens (tertiary/aromatic N) is 5. The Hall–Kier alpha value is -2.52. The fourth-order valence-electron chi connectivity index (χ4n) is 4.00. The Morgan fingerprint density at radius 1 is 1.15 bits per heavy atom. The average Bonchev–Trinajstić information content (AvgIpc) is 3.20. The van der Waals surface area contributed by atoms with Gasteiger partial charge in [-0.2, -0.15) is 5.10 Å². The van der Waals surface area contributed by atoms with Gasteiger partial charge in [-0.1, -0.05) is 34.8 Å². The van der Waals surface area contributed by atoms with E-state index in [1.807, 2.05) is 13.0 Å². The quantitative estimate of drug-likeness (QED) is 0.268. The van der Waals surface area contributed by atoms with E-state index in [1.54, 1.807) is 10.7 Å². The van der Waals surface area contributed by atoms with Gasteiger partial charge >= 0.3 is 0 Å². The molecule has 0 saturated carbocycles. The first kappa shape index (κ1) is 23.2. The summed E-state index contributed by atoms with van der Waals surface area (Å²) in [7, 11) is 0. The molecule has 1 saturated heterocycles. The largest absolute Gasteiger partial charge is 0.470 e. The van der Waals surface area contributed by atoms with E-state index in [0.717, 1.165) is 24.8 Å². The van der Waals surface area contributed by atoms with Crippen molar-refractivity contribution in [3.63, 3.8) is 0 Å². The predicted molar refractivity (Wildman–Crippen MR) is 128 cm³/mol. The summed E-state index contributed by atoms with van der Waals surface area (Å²) in [5, 5.41) is 5.32. The van der Waals surface area contributed by atoms with Crippen LogP contribution < -0.4 is 4.74 Å². The van der Waals surface area contributed by atoms with Gasteiger partial charge in [-0.15, -0.1) is 0 Å². The maximum atomic E-state index is 14.2. The normalized spacial score (nSPS) is 17.1. The highest BCUT2D eigenvalue weighted by molar-refractivity contribution is 6.35. The molecule has 0 bridgehead atoms. The lowest BCUT2D eigenvalue weighted by Crippen LogP contribution is -2.19. The number of aromatic nitrogens is 5. The lowest BCUT2D eigenvalue weighted by molar-refractivity contribution is -0.0365. The Labute approximate surface area is 209 Å². The van der Waals surface area contributed by atoms with Gasteiger partial charge in [-0.3, -0.25) is 4.98 Å². The molecule has 4 aromatic heterocycles. The van der Waals surface area contributed by atoms with Gasteiger partial charge in [0.1, 0.15) is 17.3 Å². The van der Waals surface area contributed by atoms with Crippen molar-refractivity contribution in [1.29, 1.82) is 0 Å². The summed E-state index contributed by atoms with van der Waals surface area (Å²) < 4.78 is 28.0. The fraction of sp³-hybridized carbons (Fsp3) is 0.304. The topological polar surface area (TPSA) is 75.0 Å². The fourth-order valence-corrected chi connectivity index (χ4v) is 4.77. The Morgan fingerprint density at radius 2 is 1.94 bits per heavy atom. The van der Waals surface area contributed by atoms with Crippen molar-refractivity contribution in [1.82, 2.24) is 24.7 Å². The summed E-state index contributed by atoms with van der Waals surface area (Å²) in [5.41, 5.74) is 2.76. The Bertz CT molecular complexity index is 1340. The minimum absolute atomic E-state index is 0.208. The van der Waals surface area contributed by atoms with Crippen LogP contribution in [0.4, 0.5) is 4.39 Å². The molecule has 1 aliphatic heterocycles. The van der Waals surface area contributed by atoms with Crippen LogP contribution in [0.15, 0.2) is 36.8 Å². The van der Waals surface area contributed by atoms with Gasteiger partial charge in [-0.05, 0) is 38.3 Å². The summed E-state index contributed by atoms with van der Waals surface area (Å²) in [6.45, 7) is 2.47. The molecule has 1 fully saturated rings. The van der Waals surface area contributed by atoms with Gasteiger partial charge in [0.15, 0.2) is 17.2 Å². The zero-order valence-electron chi connectivity index (χ0n) is 18.0. The van der Waals surface area contributed by atoms with Crippen LogP contribution in [0.3, 0.4) is 0 Å². The minimum atomic E-state index is -0.640. The van der Waals surface area contributed by atoms with E-state index in [-0.39, 0.29) is 11.4 Å². The molecule has 5 heterocycles. The smallest absolute Gasteiger partial charge is 0.214 e. The Kier molecular flexibility index (Phi) is 6.57. The maximum Gasteiger partial charge on any atom is 0.214 e. The van der Waals surface area contributed by atoms with Crippen molar-refractivity contribution in [3.8, 4) is 17.1 Å². The summed E-state index contributed by atoms with van der Waals surface area (Å²) in [5.74, 6) is -0.310. The Balaban J connectivity index is 1.58. The zero-order valence-corrected chi connectivity index (χ0v) is 20.3. The molecule has 34 heavy (non-hydrogen) atoms. The van der Waals surface area contributed by atoms with Gasteiger partial charge in [-0.25, -0.2) is 19.0 Å². The monoisotopic (exact) mass is 521 g/mol. The molecule has 176 valence electrons. The predicted octanol–water partition coefficient (Wildman–Crippen LogP) is 6.83. The molecule has 0 spiro atoms. The lowest BCUT2D eigenvalue weighted by atomic mass is 10.1. The number of hydrogen-bond donors (Lipinski definition) is 0. The van der Waals surface area contributed by atoms with E-state index in [9.17, 15) is 4.39 Å². The molecule has 0 N–H and O–H groups in total. The lowest BCUT2D eigenvalue weighted by Gasteiger charge is -2.23. The van der Waals surface area contributed by atoms with Crippen molar-refractivity contribution in [2.45, 2.75) is 38.5 Å². The first-order valence-electron chi connectivity index (χ1n) is 10.7. The first-order valence-corrected chi connectivity index (χ1v) is 11.8. The van der Waals surface area contributed by atoms with Gasteiger partial charge in [0.2, 0.25) is 5.88 Å². The highest BCUT2D eigenvalue weighted by Gasteiger charge is 2.24. The van der Waals surface area contributed by atoms with E-state index in [4.69, 9.17) is 54.4 Å². The minimum Gasteiger partial charge on any atom is -0.470 e. The second kappa shape index (κ2) is 9.62.